The molecule has 17 heavy (non-hydrogen) atoms. The van der Waals surface area contributed by atoms with Gasteiger partial charge in [-0.1, -0.05) is 0 Å². The first-order chi connectivity index (χ1) is 8.20. The number of methoxy groups -OCH3 is 1. The van der Waals surface area contributed by atoms with E-state index in [4.69, 9.17) is 4.74 Å². The molecule has 1 fully saturated rings. The average molecular weight is 245 g/mol. The molecule has 0 spiro atoms. The summed E-state index contributed by atoms with van der Waals surface area (Å²) in [5.41, 5.74) is 0. The Hall–Kier alpha value is -1.01. The fourth-order valence-corrected chi connectivity index (χ4v) is 2.23. The largest absolute Gasteiger partial charge is 0.381 e. The number of aromatic nitrogens is 2. The molecule has 1 saturated carbocycles. The van der Waals surface area contributed by atoms with Gasteiger partial charge in [0.25, 0.3) is 0 Å². The van der Waals surface area contributed by atoms with Gasteiger partial charge in [0.1, 0.15) is 5.82 Å². The van der Waals surface area contributed by atoms with E-state index in [0.717, 1.165) is 23.8 Å². The standard InChI is InChI=1S/C11H17F2N3O/c1-17-9-3-2-8(6-9)15-7-10-14-4-5-16(10)11(12)13/h4-5,8-9,11,15H,2-3,6-7H2,1H3. The summed E-state index contributed by atoms with van der Waals surface area (Å²) in [5, 5.41) is 3.25. The van der Waals surface area contributed by atoms with E-state index in [1.165, 1.54) is 12.4 Å². The lowest BCUT2D eigenvalue weighted by molar-refractivity contribution is 0.0663. The fraction of sp³-hybridized carbons (Fsp3) is 0.727. The molecule has 2 rings (SSSR count). The maximum absolute atomic E-state index is 12.6. The molecule has 1 N–H and O–H groups in total. The van der Waals surface area contributed by atoms with E-state index in [1.54, 1.807) is 7.11 Å². The van der Waals surface area contributed by atoms with Gasteiger partial charge in [-0.05, 0) is 19.3 Å². The van der Waals surface area contributed by atoms with Crippen LogP contribution in [-0.2, 0) is 11.3 Å². The summed E-state index contributed by atoms with van der Waals surface area (Å²) in [5.74, 6) is 0.376. The fourth-order valence-electron chi connectivity index (χ4n) is 2.23. The van der Waals surface area contributed by atoms with Crippen molar-refractivity contribution in [1.82, 2.24) is 14.9 Å². The van der Waals surface area contributed by atoms with E-state index in [9.17, 15) is 8.78 Å². The van der Waals surface area contributed by atoms with Gasteiger partial charge >= 0.3 is 6.55 Å². The quantitative estimate of drug-likeness (QED) is 0.861. The van der Waals surface area contributed by atoms with Crippen LogP contribution in [0.15, 0.2) is 12.4 Å². The zero-order valence-corrected chi connectivity index (χ0v) is 9.77. The van der Waals surface area contributed by atoms with E-state index in [2.05, 4.69) is 10.3 Å². The maximum atomic E-state index is 12.6. The van der Waals surface area contributed by atoms with Crippen molar-refractivity contribution in [3.63, 3.8) is 0 Å². The van der Waals surface area contributed by atoms with Crippen molar-refractivity contribution in [2.75, 3.05) is 7.11 Å². The van der Waals surface area contributed by atoms with Gasteiger partial charge in [0.15, 0.2) is 0 Å². The number of hydrogen-bond acceptors (Lipinski definition) is 3. The molecule has 2 atom stereocenters. The lowest BCUT2D eigenvalue weighted by Crippen LogP contribution is -2.28. The summed E-state index contributed by atoms with van der Waals surface area (Å²) < 4.78 is 31.3. The van der Waals surface area contributed by atoms with E-state index >= 15 is 0 Å². The lowest BCUT2D eigenvalue weighted by Gasteiger charge is -2.13. The van der Waals surface area contributed by atoms with Gasteiger partial charge in [0.05, 0.1) is 12.6 Å². The normalized spacial score (nSPS) is 24.7. The molecule has 0 aromatic carbocycles. The van der Waals surface area contributed by atoms with Gasteiger partial charge in [-0.15, -0.1) is 0 Å². The van der Waals surface area contributed by atoms with Crippen LogP contribution in [0.1, 0.15) is 31.6 Å². The molecule has 6 heteroatoms. The second-order valence-corrected chi connectivity index (χ2v) is 4.28. The first-order valence-electron chi connectivity index (χ1n) is 5.76. The zero-order valence-electron chi connectivity index (χ0n) is 9.77. The summed E-state index contributed by atoms with van der Waals surface area (Å²) in [6.07, 6.45) is 5.98. The number of halogens is 2. The molecule has 1 aromatic rings. The molecule has 0 saturated heterocycles. The topological polar surface area (TPSA) is 39.1 Å². The molecule has 0 amide bonds. The molecule has 1 aliphatic rings. The first kappa shape index (κ1) is 12.4. The Morgan fingerprint density at radius 1 is 1.59 bits per heavy atom. The van der Waals surface area contributed by atoms with Gasteiger partial charge in [-0.25, -0.2) is 4.98 Å². The van der Waals surface area contributed by atoms with Gasteiger partial charge in [0.2, 0.25) is 0 Å². The molecule has 0 radical (unpaired) electrons. The summed E-state index contributed by atoms with van der Waals surface area (Å²) in [4.78, 5) is 3.93. The summed E-state index contributed by atoms with van der Waals surface area (Å²) >= 11 is 0. The Balaban J connectivity index is 1.84. The van der Waals surface area contributed by atoms with Crippen LogP contribution < -0.4 is 5.32 Å². The van der Waals surface area contributed by atoms with Gasteiger partial charge < -0.3 is 10.1 Å². The Bertz CT molecular complexity index is 356. The van der Waals surface area contributed by atoms with Crippen LogP contribution in [0.25, 0.3) is 0 Å². The minimum atomic E-state index is -2.52. The van der Waals surface area contributed by atoms with Crippen LogP contribution in [0, 0.1) is 0 Å². The monoisotopic (exact) mass is 245 g/mol. The van der Waals surface area contributed by atoms with Crippen LogP contribution in [-0.4, -0.2) is 28.8 Å². The predicted octanol–water partition coefficient (Wildman–Crippen LogP) is 1.94. The molecule has 1 heterocycles. The molecule has 1 aromatic heterocycles. The Morgan fingerprint density at radius 2 is 2.41 bits per heavy atom. The maximum Gasteiger partial charge on any atom is 0.319 e. The highest BCUT2D eigenvalue weighted by molar-refractivity contribution is 4.93. The highest BCUT2D eigenvalue weighted by atomic mass is 19.3. The summed E-state index contributed by atoms with van der Waals surface area (Å²) in [6, 6.07) is 0.336. The average Bonchev–Trinajstić information content (AvgIpc) is 2.95. The van der Waals surface area contributed by atoms with Gasteiger partial charge in [-0.2, -0.15) is 8.78 Å². The minimum Gasteiger partial charge on any atom is -0.381 e. The Kier molecular flexibility index (Phi) is 4.06. The third kappa shape index (κ3) is 3.01. The number of imidazole rings is 1. The van der Waals surface area contributed by atoms with Crippen LogP contribution in [0.4, 0.5) is 8.78 Å². The van der Waals surface area contributed by atoms with E-state index in [0.29, 0.717) is 24.5 Å². The minimum absolute atomic E-state index is 0.294. The summed E-state index contributed by atoms with van der Waals surface area (Å²) in [7, 11) is 1.70. The smallest absolute Gasteiger partial charge is 0.319 e. The number of alkyl halides is 2. The van der Waals surface area contributed by atoms with Crippen LogP contribution in [0.2, 0.25) is 0 Å². The highest BCUT2D eigenvalue weighted by Crippen LogP contribution is 2.22. The zero-order chi connectivity index (χ0) is 12.3. The Labute approximate surface area is 99.0 Å². The van der Waals surface area contributed by atoms with Crippen molar-refractivity contribution >= 4 is 0 Å². The van der Waals surface area contributed by atoms with Crippen molar-refractivity contribution < 1.29 is 13.5 Å². The SMILES string of the molecule is COC1CCC(NCc2nccn2C(F)F)C1. The predicted molar refractivity (Wildman–Crippen MR) is 58.8 cm³/mol. The molecule has 2 unspecified atom stereocenters. The van der Waals surface area contributed by atoms with Crippen molar-refractivity contribution in [2.45, 2.75) is 44.5 Å². The van der Waals surface area contributed by atoms with E-state index in [-0.39, 0.29) is 0 Å². The molecule has 0 bridgehead atoms. The van der Waals surface area contributed by atoms with Gasteiger partial charge in [0, 0.05) is 25.5 Å². The number of hydrogen-bond donors (Lipinski definition) is 1. The number of nitrogens with zero attached hydrogens (tertiary/aromatic N) is 2. The second-order valence-electron chi connectivity index (χ2n) is 4.28. The third-order valence-corrected chi connectivity index (χ3v) is 3.23. The van der Waals surface area contributed by atoms with Crippen LogP contribution in [0.5, 0.6) is 0 Å². The molecule has 4 nitrogen and oxygen atoms in total. The van der Waals surface area contributed by atoms with Crippen molar-refractivity contribution in [3.05, 3.63) is 18.2 Å². The molecule has 1 aliphatic carbocycles. The van der Waals surface area contributed by atoms with Crippen LogP contribution in [0.3, 0.4) is 0 Å². The van der Waals surface area contributed by atoms with E-state index < -0.39 is 6.55 Å². The Morgan fingerprint density at radius 3 is 3.06 bits per heavy atom. The molecular weight excluding hydrogens is 228 g/mol. The number of nitrogens with one attached hydrogen (secondary N) is 1. The second kappa shape index (κ2) is 5.55. The molecular formula is C11H17F2N3O. The van der Waals surface area contributed by atoms with Crippen LogP contribution >= 0.6 is 0 Å². The van der Waals surface area contributed by atoms with Crippen molar-refractivity contribution in [3.8, 4) is 0 Å². The van der Waals surface area contributed by atoms with Crippen molar-refractivity contribution in [2.24, 2.45) is 0 Å². The summed E-state index contributed by atoms with van der Waals surface area (Å²) in [6.45, 7) is -2.15. The number of ether oxygens (including phenoxy) is 1. The van der Waals surface area contributed by atoms with E-state index in [1.807, 2.05) is 0 Å². The van der Waals surface area contributed by atoms with Gasteiger partial charge in [-0.3, -0.25) is 4.57 Å². The lowest BCUT2D eigenvalue weighted by atomic mass is 10.2. The third-order valence-electron chi connectivity index (χ3n) is 3.23. The highest BCUT2D eigenvalue weighted by Gasteiger charge is 2.24. The first-order valence-corrected chi connectivity index (χ1v) is 5.76. The molecule has 96 valence electrons. The van der Waals surface area contributed by atoms with Crippen molar-refractivity contribution in [1.29, 1.82) is 0 Å². The molecule has 0 aliphatic heterocycles. The number of rotatable bonds is 5.